The third-order valence-corrected chi connectivity index (χ3v) is 2.17. The van der Waals surface area contributed by atoms with Crippen LogP contribution in [0, 0.1) is 0 Å². The highest BCUT2D eigenvalue weighted by Gasteiger charge is 2.06. The van der Waals surface area contributed by atoms with Crippen molar-refractivity contribution in [3.05, 3.63) is 24.4 Å². The molecule has 2 aromatic rings. The molecule has 6 heteroatoms. The van der Waals surface area contributed by atoms with Gasteiger partial charge in [-0.15, -0.1) is 0 Å². The Morgan fingerprint density at radius 2 is 1.82 bits per heavy atom. The fraction of sp³-hybridized carbons (Fsp3) is 0.182. The lowest BCUT2D eigenvalue weighted by Gasteiger charge is -2.05. The molecule has 6 nitrogen and oxygen atoms in total. The van der Waals surface area contributed by atoms with Crippen molar-refractivity contribution in [3.63, 3.8) is 0 Å². The van der Waals surface area contributed by atoms with E-state index in [4.69, 9.17) is 15.2 Å². The van der Waals surface area contributed by atoms with Gasteiger partial charge in [0.2, 0.25) is 17.7 Å². The van der Waals surface area contributed by atoms with Crippen molar-refractivity contribution in [2.24, 2.45) is 0 Å². The smallest absolute Gasteiger partial charge is 0.223 e. The summed E-state index contributed by atoms with van der Waals surface area (Å²) in [4.78, 5) is 12.1. The van der Waals surface area contributed by atoms with Crippen LogP contribution in [0.15, 0.2) is 24.4 Å². The Kier molecular flexibility index (Phi) is 3.04. The second-order valence-corrected chi connectivity index (χ2v) is 3.24. The van der Waals surface area contributed by atoms with Crippen LogP contribution in [-0.2, 0) is 0 Å². The predicted molar refractivity (Wildman–Crippen MR) is 62.8 cm³/mol. The first-order valence-electron chi connectivity index (χ1n) is 4.92. The third-order valence-electron chi connectivity index (χ3n) is 2.17. The second-order valence-electron chi connectivity index (χ2n) is 3.24. The first kappa shape index (κ1) is 11.1. The fourth-order valence-corrected chi connectivity index (χ4v) is 1.38. The summed E-state index contributed by atoms with van der Waals surface area (Å²) in [6, 6.07) is 5.27. The Morgan fingerprint density at radius 3 is 2.53 bits per heavy atom. The molecular formula is C11H12N4O2. The molecule has 0 aliphatic rings. The summed E-state index contributed by atoms with van der Waals surface area (Å²) in [5.74, 6) is 1.09. The quantitative estimate of drug-likeness (QED) is 0.854. The van der Waals surface area contributed by atoms with E-state index in [1.807, 2.05) is 6.07 Å². The summed E-state index contributed by atoms with van der Waals surface area (Å²) in [6.07, 6.45) is 1.64. The molecular weight excluding hydrogens is 220 g/mol. The van der Waals surface area contributed by atoms with Gasteiger partial charge in [0.25, 0.3) is 0 Å². The van der Waals surface area contributed by atoms with Crippen LogP contribution in [-0.4, -0.2) is 29.2 Å². The van der Waals surface area contributed by atoms with Crippen LogP contribution >= 0.6 is 0 Å². The van der Waals surface area contributed by atoms with Crippen molar-refractivity contribution in [1.29, 1.82) is 0 Å². The molecule has 2 N–H and O–H groups in total. The van der Waals surface area contributed by atoms with Crippen LogP contribution < -0.4 is 15.2 Å². The Bertz CT molecular complexity index is 531. The number of methoxy groups -OCH3 is 2. The maximum Gasteiger partial charge on any atom is 0.223 e. The summed E-state index contributed by atoms with van der Waals surface area (Å²) < 4.78 is 10.1. The zero-order chi connectivity index (χ0) is 12.3. The molecule has 0 radical (unpaired) electrons. The van der Waals surface area contributed by atoms with Crippen LogP contribution in [0.2, 0.25) is 0 Å². The van der Waals surface area contributed by atoms with Crippen molar-refractivity contribution in [2.75, 3.05) is 20.0 Å². The standard InChI is InChI=1S/C11H12N4O2/c1-16-9-5-7(3-4-13-9)8-6-10(17-2)15-11(12)14-8/h3-6H,1-2H3,(H2,12,14,15). The molecule has 0 saturated heterocycles. The minimum absolute atomic E-state index is 0.162. The van der Waals surface area contributed by atoms with Gasteiger partial charge >= 0.3 is 0 Å². The summed E-state index contributed by atoms with van der Waals surface area (Å²) in [5, 5.41) is 0. The summed E-state index contributed by atoms with van der Waals surface area (Å²) in [6.45, 7) is 0. The van der Waals surface area contributed by atoms with E-state index >= 15 is 0 Å². The Hall–Kier alpha value is -2.37. The fourth-order valence-electron chi connectivity index (χ4n) is 1.38. The highest BCUT2D eigenvalue weighted by atomic mass is 16.5. The number of anilines is 1. The van der Waals surface area contributed by atoms with Gasteiger partial charge in [-0.25, -0.2) is 9.97 Å². The number of rotatable bonds is 3. The molecule has 0 spiro atoms. The molecule has 2 rings (SSSR count). The van der Waals surface area contributed by atoms with Crippen LogP contribution in [0.4, 0.5) is 5.95 Å². The summed E-state index contributed by atoms with van der Waals surface area (Å²) >= 11 is 0. The van der Waals surface area contributed by atoms with E-state index in [0.717, 1.165) is 5.56 Å². The molecule has 0 unspecified atom stereocenters. The van der Waals surface area contributed by atoms with Gasteiger partial charge in [-0.05, 0) is 6.07 Å². The molecule has 0 aromatic carbocycles. The van der Waals surface area contributed by atoms with Gasteiger partial charge in [0.05, 0.1) is 19.9 Å². The van der Waals surface area contributed by atoms with E-state index in [-0.39, 0.29) is 5.95 Å². The molecule has 0 amide bonds. The van der Waals surface area contributed by atoms with Gasteiger partial charge in [0, 0.05) is 23.9 Å². The summed E-state index contributed by atoms with van der Waals surface area (Å²) in [5.41, 5.74) is 7.09. The Balaban J connectivity index is 2.47. The molecule has 0 saturated carbocycles. The summed E-state index contributed by atoms with van der Waals surface area (Å²) in [7, 11) is 3.08. The van der Waals surface area contributed by atoms with Gasteiger partial charge in [-0.2, -0.15) is 4.98 Å². The van der Waals surface area contributed by atoms with Gasteiger partial charge in [-0.3, -0.25) is 0 Å². The maximum absolute atomic E-state index is 5.59. The molecule has 0 fully saturated rings. The average molecular weight is 232 g/mol. The van der Waals surface area contributed by atoms with Crippen LogP contribution in [0.1, 0.15) is 0 Å². The molecule has 88 valence electrons. The lowest BCUT2D eigenvalue weighted by molar-refractivity contribution is 0.397. The largest absolute Gasteiger partial charge is 0.481 e. The van der Waals surface area contributed by atoms with Crippen molar-refractivity contribution in [2.45, 2.75) is 0 Å². The number of nitrogen functional groups attached to an aromatic ring is 1. The molecule has 0 bridgehead atoms. The zero-order valence-electron chi connectivity index (χ0n) is 9.54. The molecule has 0 aliphatic heterocycles. The number of nitrogens with two attached hydrogens (primary N) is 1. The minimum atomic E-state index is 0.162. The van der Waals surface area contributed by atoms with Crippen molar-refractivity contribution >= 4 is 5.95 Å². The third kappa shape index (κ3) is 2.41. The van der Waals surface area contributed by atoms with Crippen LogP contribution in [0.25, 0.3) is 11.3 Å². The lowest BCUT2D eigenvalue weighted by Crippen LogP contribution is -1.99. The molecule has 0 atom stereocenters. The molecule has 0 aliphatic carbocycles. The van der Waals surface area contributed by atoms with Crippen molar-refractivity contribution in [1.82, 2.24) is 15.0 Å². The average Bonchev–Trinajstić information content (AvgIpc) is 2.38. The van der Waals surface area contributed by atoms with E-state index in [1.54, 1.807) is 25.4 Å². The number of pyridine rings is 1. The predicted octanol–water partition coefficient (Wildman–Crippen LogP) is 1.14. The van der Waals surface area contributed by atoms with Gasteiger partial charge in [0.15, 0.2) is 0 Å². The number of hydrogen-bond acceptors (Lipinski definition) is 6. The Morgan fingerprint density at radius 1 is 1.06 bits per heavy atom. The SMILES string of the molecule is COc1cc(-c2cc(OC)nc(N)n2)ccn1. The lowest BCUT2D eigenvalue weighted by atomic mass is 10.2. The zero-order valence-corrected chi connectivity index (χ0v) is 9.54. The van der Waals surface area contributed by atoms with Crippen LogP contribution in [0.3, 0.4) is 0 Å². The van der Waals surface area contributed by atoms with E-state index in [0.29, 0.717) is 17.5 Å². The molecule has 2 heterocycles. The number of aromatic nitrogens is 3. The van der Waals surface area contributed by atoms with E-state index in [2.05, 4.69) is 15.0 Å². The highest BCUT2D eigenvalue weighted by molar-refractivity contribution is 5.62. The number of ether oxygens (including phenoxy) is 2. The van der Waals surface area contributed by atoms with Crippen molar-refractivity contribution < 1.29 is 9.47 Å². The normalized spacial score (nSPS) is 10.0. The first-order valence-corrected chi connectivity index (χ1v) is 4.92. The van der Waals surface area contributed by atoms with Gasteiger partial charge in [0.1, 0.15) is 0 Å². The number of nitrogens with zero attached hydrogens (tertiary/aromatic N) is 3. The first-order chi connectivity index (χ1) is 8.22. The van der Waals surface area contributed by atoms with E-state index < -0.39 is 0 Å². The molecule has 2 aromatic heterocycles. The van der Waals surface area contributed by atoms with E-state index in [1.165, 1.54) is 7.11 Å². The number of hydrogen-bond donors (Lipinski definition) is 1. The van der Waals surface area contributed by atoms with Crippen LogP contribution in [0.5, 0.6) is 11.8 Å². The van der Waals surface area contributed by atoms with Gasteiger partial charge in [-0.1, -0.05) is 0 Å². The Labute approximate surface area is 98.4 Å². The molecule has 17 heavy (non-hydrogen) atoms. The minimum Gasteiger partial charge on any atom is -0.481 e. The van der Waals surface area contributed by atoms with E-state index in [9.17, 15) is 0 Å². The monoisotopic (exact) mass is 232 g/mol. The second kappa shape index (κ2) is 4.65. The highest BCUT2D eigenvalue weighted by Crippen LogP contribution is 2.23. The van der Waals surface area contributed by atoms with Crippen molar-refractivity contribution in [3.8, 4) is 23.0 Å². The maximum atomic E-state index is 5.59. The topological polar surface area (TPSA) is 83.2 Å². The van der Waals surface area contributed by atoms with Gasteiger partial charge < -0.3 is 15.2 Å².